The molecule has 0 saturated carbocycles. The topological polar surface area (TPSA) is 101 Å². The molecule has 0 aliphatic rings. The zero-order valence-corrected chi connectivity index (χ0v) is 16.3. The van der Waals surface area contributed by atoms with Gasteiger partial charge in [-0.2, -0.15) is 0 Å². The van der Waals surface area contributed by atoms with Crippen molar-refractivity contribution in [3.05, 3.63) is 77.7 Å². The molecule has 0 amide bonds. The summed E-state index contributed by atoms with van der Waals surface area (Å²) in [5.41, 5.74) is 1.92. The van der Waals surface area contributed by atoms with E-state index >= 15 is 0 Å². The Morgan fingerprint density at radius 1 is 1.03 bits per heavy atom. The van der Waals surface area contributed by atoms with Crippen LogP contribution in [0, 0.1) is 0 Å². The van der Waals surface area contributed by atoms with Crippen LogP contribution in [0.15, 0.2) is 60.7 Å². The van der Waals surface area contributed by atoms with E-state index in [9.17, 15) is 4.79 Å². The molecule has 0 spiro atoms. The molecule has 0 radical (unpaired) electrons. The Hall–Kier alpha value is -4.01. The summed E-state index contributed by atoms with van der Waals surface area (Å²) in [6, 6.07) is 18.3. The van der Waals surface area contributed by atoms with Gasteiger partial charge in [-0.3, -0.25) is 0 Å². The molecule has 0 atom stereocenters. The van der Waals surface area contributed by atoms with Crippen LogP contribution in [0.2, 0.25) is 0 Å². The first-order chi connectivity index (χ1) is 14.7. The molecule has 0 fully saturated rings. The average Bonchev–Trinajstić information content (AvgIpc) is 3.24. The third-order valence-electron chi connectivity index (χ3n) is 4.13. The molecule has 4 aromatic rings. The Morgan fingerprint density at radius 2 is 1.90 bits per heavy atom. The Bertz CT molecular complexity index is 1150. The van der Waals surface area contributed by atoms with Gasteiger partial charge < -0.3 is 14.3 Å². The van der Waals surface area contributed by atoms with Crippen molar-refractivity contribution >= 4 is 16.9 Å². The van der Waals surface area contributed by atoms with Crippen molar-refractivity contribution < 1.29 is 19.1 Å². The smallest absolute Gasteiger partial charge is 0.338 e. The van der Waals surface area contributed by atoms with Crippen molar-refractivity contribution in [3.63, 3.8) is 0 Å². The van der Waals surface area contributed by atoms with E-state index in [0.29, 0.717) is 23.7 Å². The van der Waals surface area contributed by atoms with E-state index in [1.54, 1.807) is 25.1 Å². The Labute approximate surface area is 172 Å². The number of aromatic nitrogens is 5. The van der Waals surface area contributed by atoms with Gasteiger partial charge in [-0.1, -0.05) is 29.4 Å². The highest BCUT2D eigenvalue weighted by Crippen LogP contribution is 2.16. The zero-order chi connectivity index (χ0) is 20.8. The molecule has 0 saturated heterocycles. The lowest BCUT2D eigenvalue weighted by Crippen LogP contribution is -2.15. The van der Waals surface area contributed by atoms with Crippen molar-refractivity contribution in [1.82, 2.24) is 25.4 Å². The van der Waals surface area contributed by atoms with Crippen molar-refractivity contribution in [2.24, 2.45) is 0 Å². The second kappa shape index (κ2) is 8.99. The van der Waals surface area contributed by atoms with Gasteiger partial charge in [0.25, 0.3) is 0 Å². The Kier molecular flexibility index (Phi) is 5.79. The number of nitrogens with zero attached hydrogens (tertiary/aromatic N) is 5. The van der Waals surface area contributed by atoms with Crippen LogP contribution in [0.1, 0.15) is 28.8 Å². The molecule has 0 aliphatic carbocycles. The minimum Gasteiger partial charge on any atom is -0.485 e. The lowest BCUT2D eigenvalue weighted by molar-refractivity contribution is 0.0360. The van der Waals surface area contributed by atoms with Gasteiger partial charge in [0.15, 0.2) is 13.2 Å². The summed E-state index contributed by atoms with van der Waals surface area (Å²) in [5.74, 6) is 0.772. The van der Waals surface area contributed by atoms with Crippen LogP contribution in [0.25, 0.3) is 10.9 Å². The monoisotopic (exact) mass is 405 g/mol. The maximum Gasteiger partial charge on any atom is 0.338 e. The second-order valence-electron chi connectivity index (χ2n) is 6.26. The molecule has 2 heterocycles. The van der Waals surface area contributed by atoms with Crippen molar-refractivity contribution in [3.8, 4) is 5.75 Å². The number of carbonyl (C=O) groups excluding carboxylic acids is 1. The first-order valence-electron chi connectivity index (χ1n) is 9.38. The molecule has 0 unspecified atom stereocenters. The Morgan fingerprint density at radius 3 is 2.73 bits per heavy atom. The lowest BCUT2D eigenvalue weighted by atomic mass is 10.1. The molecule has 0 N–H and O–H groups in total. The minimum atomic E-state index is -0.351. The van der Waals surface area contributed by atoms with Crippen LogP contribution >= 0.6 is 0 Å². The van der Waals surface area contributed by atoms with Gasteiger partial charge in [-0.15, -0.1) is 5.10 Å². The molecular weight excluding hydrogens is 386 g/mol. The lowest BCUT2D eigenvalue weighted by Gasteiger charge is -2.06. The predicted molar refractivity (Wildman–Crippen MR) is 107 cm³/mol. The van der Waals surface area contributed by atoms with Gasteiger partial charge in [0.1, 0.15) is 5.75 Å². The minimum absolute atomic E-state index is 0.158. The summed E-state index contributed by atoms with van der Waals surface area (Å²) in [4.78, 5) is 22.9. The van der Waals surface area contributed by atoms with E-state index in [1.807, 2.05) is 42.5 Å². The largest absolute Gasteiger partial charge is 0.485 e. The van der Waals surface area contributed by atoms with Crippen molar-refractivity contribution in [1.29, 1.82) is 0 Å². The number of rotatable bonds is 8. The molecule has 152 valence electrons. The van der Waals surface area contributed by atoms with E-state index in [2.05, 4.69) is 20.4 Å². The fourth-order valence-electron chi connectivity index (χ4n) is 2.72. The third-order valence-corrected chi connectivity index (χ3v) is 4.13. The predicted octanol–water partition coefficient (Wildman–Crippen LogP) is 2.61. The number of esters is 1. The highest BCUT2D eigenvalue weighted by molar-refractivity contribution is 5.94. The second-order valence-corrected chi connectivity index (χ2v) is 6.26. The number of carbonyl (C=O) groups is 1. The van der Waals surface area contributed by atoms with E-state index in [4.69, 9.17) is 14.3 Å². The summed E-state index contributed by atoms with van der Waals surface area (Å²) >= 11 is 0. The fourth-order valence-corrected chi connectivity index (χ4v) is 2.72. The van der Waals surface area contributed by atoms with Crippen LogP contribution in [0.4, 0.5) is 0 Å². The number of hydrogen-bond donors (Lipinski definition) is 0. The van der Waals surface area contributed by atoms with Crippen molar-refractivity contribution in [2.45, 2.75) is 20.1 Å². The molecule has 9 nitrogen and oxygen atoms in total. The third kappa shape index (κ3) is 4.69. The number of benzene rings is 2. The van der Waals surface area contributed by atoms with E-state index < -0.39 is 0 Å². The van der Waals surface area contributed by atoms with Gasteiger partial charge in [-0.05, 0) is 48.5 Å². The van der Waals surface area contributed by atoms with Gasteiger partial charge in [0.05, 0.1) is 23.4 Å². The van der Waals surface area contributed by atoms with Crippen molar-refractivity contribution in [2.75, 3.05) is 6.61 Å². The van der Waals surface area contributed by atoms with Gasteiger partial charge >= 0.3 is 5.97 Å². The standard InChI is InChI=1S/C21H19N5O4/c1-2-28-21(27)16-9-11-19-15(12-16)8-10-17(22-19)13-30-26-24-20(23-25-26)14-29-18-6-4-3-5-7-18/h3-12H,2,13-14H2,1H3. The van der Waals surface area contributed by atoms with Crippen LogP contribution in [-0.4, -0.2) is 37.9 Å². The SMILES string of the molecule is CCOC(=O)c1ccc2nc(COn3nnc(COc4ccccc4)n3)ccc2c1. The van der Waals surface area contributed by atoms with Gasteiger partial charge in [-0.25, -0.2) is 9.78 Å². The van der Waals surface area contributed by atoms with Crippen LogP contribution in [0.5, 0.6) is 5.75 Å². The number of hydrogen-bond acceptors (Lipinski definition) is 8. The summed E-state index contributed by atoms with van der Waals surface area (Å²) in [7, 11) is 0. The molecule has 30 heavy (non-hydrogen) atoms. The molecule has 9 heteroatoms. The quantitative estimate of drug-likeness (QED) is 0.412. The maximum absolute atomic E-state index is 11.8. The number of tetrazole rings is 1. The Balaban J connectivity index is 1.36. The fraction of sp³-hybridized carbons (Fsp3) is 0.190. The average molecular weight is 405 g/mol. The van der Waals surface area contributed by atoms with Gasteiger partial charge in [0, 0.05) is 10.3 Å². The molecule has 4 rings (SSSR count). The summed E-state index contributed by atoms with van der Waals surface area (Å²) in [6.45, 7) is 2.45. The summed E-state index contributed by atoms with van der Waals surface area (Å²) < 4.78 is 10.6. The highest BCUT2D eigenvalue weighted by Gasteiger charge is 2.09. The number of ether oxygens (including phenoxy) is 2. The van der Waals surface area contributed by atoms with E-state index in [1.165, 1.54) is 0 Å². The van der Waals surface area contributed by atoms with Crippen LogP contribution in [0.3, 0.4) is 0 Å². The number of pyridine rings is 1. The summed E-state index contributed by atoms with van der Waals surface area (Å²) in [5, 5.41) is 12.7. The van der Waals surface area contributed by atoms with Crippen LogP contribution < -0.4 is 9.57 Å². The maximum atomic E-state index is 11.8. The molecule has 0 aliphatic heterocycles. The molecule has 2 aromatic heterocycles. The normalized spacial score (nSPS) is 10.7. The molecular formula is C21H19N5O4. The van der Waals surface area contributed by atoms with E-state index in [0.717, 1.165) is 21.6 Å². The first-order valence-corrected chi connectivity index (χ1v) is 9.38. The zero-order valence-electron chi connectivity index (χ0n) is 16.3. The molecule has 0 bridgehead atoms. The highest BCUT2D eigenvalue weighted by atomic mass is 16.7. The van der Waals surface area contributed by atoms with Crippen LogP contribution in [-0.2, 0) is 18.0 Å². The molecule has 2 aromatic carbocycles. The first kappa shape index (κ1) is 19.3. The van der Waals surface area contributed by atoms with E-state index in [-0.39, 0.29) is 19.2 Å². The number of para-hydroxylation sites is 1. The van der Waals surface area contributed by atoms with Gasteiger partial charge in [0.2, 0.25) is 5.82 Å². The number of fused-ring (bicyclic) bond motifs is 1. The summed E-state index contributed by atoms with van der Waals surface area (Å²) in [6.07, 6.45) is 0.